The van der Waals surface area contributed by atoms with Gasteiger partial charge >= 0.3 is 5.97 Å². The van der Waals surface area contributed by atoms with Crippen LogP contribution in [-0.4, -0.2) is 38.3 Å². The lowest BCUT2D eigenvalue weighted by molar-refractivity contribution is 0.0601. The summed E-state index contributed by atoms with van der Waals surface area (Å²) in [5.41, 5.74) is 1.78. The summed E-state index contributed by atoms with van der Waals surface area (Å²) in [5.74, 6) is 2.00. The number of aryl methyl sites for hydroxylation is 1. The fourth-order valence-electron chi connectivity index (χ4n) is 3.65. The first-order valence-corrected chi connectivity index (χ1v) is 10.0. The Morgan fingerprint density at radius 2 is 2.00 bits per heavy atom. The zero-order valence-corrected chi connectivity index (χ0v) is 17.4. The zero-order chi connectivity index (χ0) is 19.2. The molecular weight excluding hydrogens is 408 g/mol. The minimum Gasteiger partial charge on any atom is -0.496 e. The number of esters is 1. The lowest BCUT2D eigenvalue weighted by atomic mass is 9.90. The van der Waals surface area contributed by atoms with E-state index in [0.717, 1.165) is 49.0 Å². The van der Waals surface area contributed by atoms with E-state index in [1.807, 2.05) is 12.1 Å². The molecule has 1 aromatic carbocycles. The van der Waals surface area contributed by atoms with E-state index in [1.54, 1.807) is 19.4 Å². The monoisotopic (exact) mass is 432 g/mol. The molecule has 1 aliphatic rings. The van der Waals surface area contributed by atoms with Gasteiger partial charge in [0.1, 0.15) is 17.1 Å². The zero-order valence-electron chi connectivity index (χ0n) is 15.8. The molecule has 0 atom stereocenters. The number of hydrogen-bond acceptors (Lipinski definition) is 5. The number of halogens is 1. The molecule has 0 saturated carbocycles. The van der Waals surface area contributed by atoms with Gasteiger partial charge in [-0.2, -0.15) is 0 Å². The van der Waals surface area contributed by atoms with Gasteiger partial charge in [0.05, 0.1) is 14.2 Å². The van der Waals surface area contributed by atoms with E-state index in [9.17, 15) is 4.79 Å². The van der Waals surface area contributed by atoms with Gasteiger partial charge in [-0.05, 0) is 65.2 Å². The molecule has 0 unspecified atom stereocenters. The Morgan fingerprint density at radius 3 is 2.70 bits per heavy atom. The first kappa shape index (κ1) is 19.7. The Hall–Kier alpha value is -2.08. The van der Waals surface area contributed by atoms with Gasteiger partial charge in [-0.3, -0.25) is 0 Å². The average molecular weight is 433 g/mol. The maximum atomic E-state index is 12.1. The van der Waals surface area contributed by atoms with E-state index >= 15 is 0 Å². The molecule has 0 amide bonds. The fourth-order valence-corrected chi connectivity index (χ4v) is 3.98. The number of ether oxygens (including phenoxy) is 2. The molecule has 0 bridgehead atoms. The van der Waals surface area contributed by atoms with Crippen molar-refractivity contribution in [2.45, 2.75) is 25.7 Å². The van der Waals surface area contributed by atoms with Gasteiger partial charge < -0.3 is 14.4 Å². The van der Waals surface area contributed by atoms with E-state index in [-0.39, 0.29) is 5.97 Å². The van der Waals surface area contributed by atoms with Gasteiger partial charge in [0, 0.05) is 23.8 Å². The van der Waals surface area contributed by atoms with Gasteiger partial charge in [-0.15, -0.1) is 0 Å². The number of rotatable bonds is 6. The summed E-state index contributed by atoms with van der Waals surface area (Å²) >= 11 is 3.38. The first-order chi connectivity index (χ1) is 13.1. The first-order valence-electron chi connectivity index (χ1n) is 9.23. The number of benzene rings is 1. The van der Waals surface area contributed by atoms with Crippen LogP contribution >= 0.6 is 15.9 Å². The molecule has 1 aromatic heterocycles. The van der Waals surface area contributed by atoms with Crippen molar-refractivity contribution in [3.8, 4) is 5.75 Å². The van der Waals surface area contributed by atoms with Crippen molar-refractivity contribution in [3.05, 3.63) is 52.1 Å². The third-order valence-electron chi connectivity index (χ3n) is 5.17. The van der Waals surface area contributed by atoms with Crippen LogP contribution in [0.3, 0.4) is 0 Å². The summed E-state index contributed by atoms with van der Waals surface area (Å²) in [6, 6.07) is 10.0. The number of nitrogens with zero attached hydrogens (tertiary/aromatic N) is 2. The minimum absolute atomic E-state index is 0.350. The van der Waals surface area contributed by atoms with E-state index in [1.165, 1.54) is 12.7 Å². The Kier molecular flexibility index (Phi) is 6.72. The van der Waals surface area contributed by atoms with E-state index in [0.29, 0.717) is 17.3 Å². The summed E-state index contributed by atoms with van der Waals surface area (Å²) in [5, 5.41) is 0. The van der Waals surface area contributed by atoms with Gasteiger partial charge in [0.2, 0.25) is 0 Å². The fraction of sp³-hybridized carbons (Fsp3) is 0.429. The molecule has 6 heteroatoms. The summed E-state index contributed by atoms with van der Waals surface area (Å²) < 4.78 is 11.1. The van der Waals surface area contributed by atoms with Crippen LogP contribution in [0, 0.1) is 5.92 Å². The number of carbonyl (C=O) groups excluding carboxylic acids is 1. The van der Waals surface area contributed by atoms with Crippen LogP contribution in [0.2, 0.25) is 0 Å². The summed E-state index contributed by atoms with van der Waals surface area (Å²) in [4.78, 5) is 18.8. The molecule has 1 saturated heterocycles. The SMILES string of the molecule is COC(=O)c1cc(Br)cnc1N1CCC(CCc2ccccc2OC)CC1. The van der Waals surface area contributed by atoms with Gasteiger partial charge in [-0.25, -0.2) is 9.78 Å². The molecule has 144 valence electrons. The second kappa shape index (κ2) is 9.22. The number of hydrogen-bond donors (Lipinski definition) is 0. The van der Waals surface area contributed by atoms with Crippen molar-refractivity contribution in [1.82, 2.24) is 4.98 Å². The highest BCUT2D eigenvalue weighted by molar-refractivity contribution is 9.10. The number of aromatic nitrogens is 1. The van der Waals surface area contributed by atoms with Crippen molar-refractivity contribution in [2.75, 3.05) is 32.2 Å². The molecule has 0 spiro atoms. The average Bonchev–Trinajstić information content (AvgIpc) is 2.72. The van der Waals surface area contributed by atoms with Crippen LogP contribution in [0.5, 0.6) is 5.75 Å². The summed E-state index contributed by atoms with van der Waals surface area (Å²) in [6.45, 7) is 1.80. The predicted molar refractivity (Wildman–Crippen MR) is 110 cm³/mol. The minimum atomic E-state index is -0.350. The highest BCUT2D eigenvalue weighted by atomic mass is 79.9. The summed E-state index contributed by atoms with van der Waals surface area (Å²) in [7, 11) is 3.12. The largest absolute Gasteiger partial charge is 0.496 e. The van der Waals surface area contributed by atoms with Crippen molar-refractivity contribution in [2.24, 2.45) is 5.92 Å². The molecule has 1 aliphatic heterocycles. The summed E-state index contributed by atoms with van der Waals surface area (Å²) in [6.07, 6.45) is 6.08. The Labute approximate surface area is 168 Å². The van der Waals surface area contributed by atoms with E-state index in [4.69, 9.17) is 9.47 Å². The second-order valence-electron chi connectivity index (χ2n) is 6.80. The molecule has 0 radical (unpaired) electrons. The molecule has 5 nitrogen and oxygen atoms in total. The lowest BCUT2D eigenvalue weighted by Crippen LogP contribution is -2.35. The number of methoxy groups -OCH3 is 2. The van der Waals surface area contributed by atoms with Crippen LogP contribution in [-0.2, 0) is 11.2 Å². The highest BCUT2D eigenvalue weighted by Crippen LogP contribution is 2.30. The molecule has 0 aliphatic carbocycles. The molecule has 2 heterocycles. The predicted octanol–water partition coefficient (Wildman–Crippen LogP) is 4.49. The van der Waals surface area contributed by atoms with Gasteiger partial charge in [0.15, 0.2) is 0 Å². The van der Waals surface area contributed by atoms with E-state index < -0.39 is 0 Å². The standard InChI is InChI=1S/C21H25BrN2O3/c1-26-19-6-4-3-5-16(19)8-7-15-9-11-24(12-10-15)20-18(21(25)27-2)13-17(22)14-23-20/h3-6,13-15H,7-12H2,1-2H3. The third-order valence-corrected chi connectivity index (χ3v) is 5.60. The van der Waals surface area contributed by atoms with E-state index in [2.05, 4.69) is 37.9 Å². The number of pyridine rings is 1. The van der Waals surface area contributed by atoms with Crippen LogP contribution in [0.1, 0.15) is 35.2 Å². The van der Waals surface area contributed by atoms with Gasteiger partial charge in [0.25, 0.3) is 0 Å². The van der Waals surface area contributed by atoms with Gasteiger partial charge in [-0.1, -0.05) is 18.2 Å². The van der Waals surface area contributed by atoms with Crippen molar-refractivity contribution in [3.63, 3.8) is 0 Å². The molecule has 27 heavy (non-hydrogen) atoms. The molecule has 1 fully saturated rings. The molecule has 3 rings (SSSR count). The lowest BCUT2D eigenvalue weighted by Gasteiger charge is -2.33. The van der Waals surface area contributed by atoms with Crippen LogP contribution in [0.25, 0.3) is 0 Å². The van der Waals surface area contributed by atoms with Crippen molar-refractivity contribution >= 4 is 27.7 Å². The number of anilines is 1. The second-order valence-corrected chi connectivity index (χ2v) is 7.71. The number of carbonyl (C=O) groups is 1. The van der Waals surface area contributed by atoms with Crippen LogP contribution in [0.15, 0.2) is 41.0 Å². The highest BCUT2D eigenvalue weighted by Gasteiger charge is 2.24. The smallest absolute Gasteiger partial charge is 0.341 e. The maximum Gasteiger partial charge on any atom is 0.341 e. The Bertz CT molecular complexity index is 789. The Morgan fingerprint density at radius 1 is 1.26 bits per heavy atom. The van der Waals surface area contributed by atoms with Crippen molar-refractivity contribution < 1.29 is 14.3 Å². The maximum absolute atomic E-state index is 12.1. The molecule has 0 N–H and O–H groups in total. The third kappa shape index (κ3) is 4.80. The number of para-hydroxylation sites is 1. The van der Waals surface area contributed by atoms with Crippen LogP contribution in [0.4, 0.5) is 5.82 Å². The molecular formula is C21H25BrN2O3. The number of piperidine rings is 1. The topological polar surface area (TPSA) is 51.7 Å². The van der Waals surface area contributed by atoms with Crippen LogP contribution < -0.4 is 9.64 Å². The quantitative estimate of drug-likeness (QED) is 0.629. The Balaban J connectivity index is 1.60. The normalized spacial score (nSPS) is 14.9. The molecule has 2 aromatic rings. The van der Waals surface area contributed by atoms with Crippen molar-refractivity contribution in [1.29, 1.82) is 0 Å².